The highest BCUT2D eigenvalue weighted by Gasteiger charge is 2.33. The lowest BCUT2D eigenvalue weighted by Gasteiger charge is -2.39. The second-order valence-corrected chi connectivity index (χ2v) is 22.3. The summed E-state index contributed by atoms with van der Waals surface area (Å²) in [5, 5.41) is 28.0. The number of nitro groups is 1. The number of nitrogens with zero attached hydrogens (tertiary/aromatic N) is 4. The third kappa shape index (κ3) is 10.7. The lowest BCUT2D eigenvalue weighted by atomic mass is 9.73. The van der Waals surface area contributed by atoms with E-state index in [0.717, 1.165) is 71.8 Å². The molecule has 0 bridgehead atoms. The van der Waals surface area contributed by atoms with Gasteiger partial charge in [-0.3, -0.25) is 19.8 Å². The number of piperazine rings is 1. The van der Waals surface area contributed by atoms with Gasteiger partial charge in [0.25, 0.3) is 21.6 Å². The summed E-state index contributed by atoms with van der Waals surface area (Å²) in [6.45, 7) is 9.91. The summed E-state index contributed by atoms with van der Waals surface area (Å²) < 4.78 is 79.7. The van der Waals surface area contributed by atoms with Gasteiger partial charge in [-0.05, 0) is 134 Å². The normalized spacial score (nSPS) is 19.9. The zero-order valence-electron chi connectivity index (χ0n) is 39.0. The predicted octanol–water partition coefficient (Wildman–Crippen LogP) is 10.7. The number of hydrogen-bond acceptors (Lipinski definition) is 12. The molecule has 2 aliphatic carbocycles. The fourth-order valence-corrected chi connectivity index (χ4v) is 11.7. The maximum atomic E-state index is 14.8. The number of amides is 1. The number of hydrogen-bond donors (Lipinski definition) is 4. The Hall–Kier alpha value is -6.28. The van der Waals surface area contributed by atoms with Gasteiger partial charge < -0.3 is 25.0 Å². The molecule has 2 fully saturated rings. The average molecular weight is 998 g/mol. The van der Waals surface area contributed by atoms with Gasteiger partial charge in [-0.25, -0.2) is 31.3 Å². The SMILES string of the molecule is CC1(C)CCC(CN2CCN(c3ccc(C(=O)NS(=O)(=O)c4ccc(NCC5CCC(C)(O)CC5)c([N+](=O)[O-])c4)c(Oc4cnc5[nH]ccc5c4)c3)CC2)=C(c2cc(-c3c(F)ccc(F)c3F)cs2)C1. The molecule has 0 unspecified atom stereocenters. The number of aromatic amines is 1. The molecule has 1 amide bonds. The topological polar surface area (TPSA) is 183 Å². The van der Waals surface area contributed by atoms with E-state index in [1.54, 1.807) is 42.8 Å². The van der Waals surface area contributed by atoms with Crippen LogP contribution in [0.4, 0.5) is 30.2 Å². The van der Waals surface area contributed by atoms with Crippen molar-refractivity contribution in [3.8, 4) is 22.6 Å². The highest BCUT2D eigenvalue weighted by molar-refractivity contribution is 7.90. The van der Waals surface area contributed by atoms with Gasteiger partial charge in [-0.2, -0.15) is 0 Å². The van der Waals surface area contributed by atoms with E-state index in [1.165, 1.54) is 41.3 Å². The van der Waals surface area contributed by atoms with Crippen LogP contribution in [-0.4, -0.2) is 84.1 Å². The number of thiophene rings is 1. The second-order valence-electron chi connectivity index (χ2n) is 19.7. The van der Waals surface area contributed by atoms with Crippen molar-refractivity contribution in [2.45, 2.75) is 76.2 Å². The van der Waals surface area contributed by atoms with Crippen LogP contribution in [0.2, 0.25) is 0 Å². The molecule has 0 atom stereocenters. The minimum atomic E-state index is -4.63. The fourth-order valence-electron chi connectivity index (χ4n) is 9.67. The van der Waals surface area contributed by atoms with Crippen molar-refractivity contribution in [2.24, 2.45) is 11.3 Å². The Kier molecular flexibility index (Phi) is 13.6. The molecule has 3 aromatic heterocycles. The number of sulfonamides is 1. The van der Waals surface area contributed by atoms with Gasteiger partial charge in [0.2, 0.25) is 0 Å². The molecule has 19 heteroatoms. The number of carbonyl (C=O) groups excluding carboxylic acids is 1. The first kappa shape index (κ1) is 48.7. The number of carbonyl (C=O) groups is 1. The molecule has 0 radical (unpaired) electrons. The lowest BCUT2D eigenvalue weighted by molar-refractivity contribution is -0.384. The third-order valence-corrected chi connectivity index (χ3v) is 16.2. The van der Waals surface area contributed by atoms with Gasteiger partial charge in [-0.15, -0.1) is 11.3 Å². The molecule has 1 aliphatic heterocycles. The van der Waals surface area contributed by atoms with E-state index in [-0.39, 0.29) is 33.9 Å². The van der Waals surface area contributed by atoms with E-state index in [0.29, 0.717) is 69.1 Å². The Labute approximate surface area is 407 Å². The Morgan fingerprint density at radius 1 is 0.986 bits per heavy atom. The van der Waals surface area contributed by atoms with Crippen LogP contribution >= 0.6 is 11.3 Å². The quantitative estimate of drug-likeness (QED) is 0.0463. The number of ether oxygens (including phenoxy) is 1. The second kappa shape index (κ2) is 19.5. The molecule has 3 aliphatic rings. The maximum Gasteiger partial charge on any atom is 0.293 e. The van der Waals surface area contributed by atoms with Crippen LogP contribution in [0.1, 0.15) is 81.0 Å². The molecule has 1 saturated heterocycles. The molecule has 368 valence electrons. The monoisotopic (exact) mass is 997 g/mol. The molecular weight excluding hydrogens is 944 g/mol. The fraction of sp³-hybridized carbons (Fsp3) is 0.373. The number of nitro benzene ring substituents is 1. The van der Waals surface area contributed by atoms with Gasteiger partial charge in [0.15, 0.2) is 11.6 Å². The van der Waals surface area contributed by atoms with E-state index in [9.17, 15) is 41.6 Å². The van der Waals surface area contributed by atoms with Crippen LogP contribution in [0.15, 0.2) is 95.0 Å². The molecule has 1 saturated carbocycles. The Morgan fingerprint density at radius 2 is 1.74 bits per heavy atom. The minimum Gasteiger partial charge on any atom is -0.455 e. The summed E-state index contributed by atoms with van der Waals surface area (Å²) in [5.41, 5.74) is 2.54. The molecule has 4 heterocycles. The standard InChI is InChI=1S/C51H54F3N7O7S2/c1-50(2)14-12-33(39(26-50)45-23-34(30-69-45)46-40(52)7-8-41(53)47(46)54)29-59-18-20-60(21-19-59)35-4-6-38(44(24-35)68-36-22-32-13-17-55-48(32)57-28-36)49(62)58-70(66,67)37-5-9-42(43(25-37)61(64)65)56-27-31-10-15-51(3,63)16-11-31/h4-9,13,17,22-25,28,30-31,56,63H,10-12,14-16,18-21,26-27,29H2,1-3H3,(H,55,57)(H,58,62). The van der Waals surface area contributed by atoms with Crippen LogP contribution in [0.3, 0.4) is 0 Å². The molecule has 6 aromatic rings. The number of aliphatic hydroxyl groups is 1. The van der Waals surface area contributed by atoms with E-state index in [4.69, 9.17) is 4.74 Å². The van der Waals surface area contributed by atoms with Crippen LogP contribution in [-0.2, 0) is 10.0 Å². The number of pyridine rings is 1. The highest BCUT2D eigenvalue weighted by Crippen LogP contribution is 2.46. The molecular formula is C51H54F3N7O7S2. The molecule has 14 nitrogen and oxygen atoms in total. The Bertz CT molecular complexity index is 3120. The number of halogens is 3. The molecule has 0 spiro atoms. The van der Waals surface area contributed by atoms with E-state index >= 15 is 0 Å². The number of H-pyrrole nitrogens is 1. The van der Waals surface area contributed by atoms with Crippen LogP contribution in [0.25, 0.3) is 27.7 Å². The average Bonchev–Trinajstić information content (AvgIpc) is 4.01. The number of benzene rings is 3. The first-order valence-corrected chi connectivity index (χ1v) is 25.7. The van der Waals surface area contributed by atoms with Crippen molar-refractivity contribution in [3.05, 3.63) is 128 Å². The molecule has 4 N–H and O–H groups in total. The Balaban J connectivity index is 0.920. The van der Waals surface area contributed by atoms with Gasteiger partial charge in [0.05, 0.1) is 32.7 Å². The smallest absolute Gasteiger partial charge is 0.293 e. The largest absolute Gasteiger partial charge is 0.455 e. The number of nitrogens with one attached hydrogen (secondary N) is 3. The van der Waals surface area contributed by atoms with Crippen molar-refractivity contribution in [1.29, 1.82) is 0 Å². The number of allylic oxidation sites excluding steroid dienone is 1. The molecule has 3 aromatic carbocycles. The van der Waals surface area contributed by atoms with Crippen LogP contribution in [0.5, 0.6) is 11.5 Å². The van der Waals surface area contributed by atoms with E-state index in [1.807, 2.05) is 6.07 Å². The summed E-state index contributed by atoms with van der Waals surface area (Å²) in [5.74, 6) is -3.60. The number of rotatable bonds is 14. The number of anilines is 2. The first-order valence-electron chi connectivity index (χ1n) is 23.3. The number of fused-ring (bicyclic) bond motifs is 1. The van der Waals surface area contributed by atoms with Gasteiger partial charge >= 0.3 is 0 Å². The van der Waals surface area contributed by atoms with Crippen molar-refractivity contribution in [3.63, 3.8) is 0 Å². The van der Waals surface area contributed by atoms with Crippen LogP contribution < -0.4 is 19.7 Å². The summed E-state index contributed by atoms with van der Waals surface area (Å²) in [6, 6.07) is 15.4. The summed E-state index contributed by atoms with van der Waals surface area (Å²) in [4.78, 5) is 37.9. The van der Waals surface area contributed by atoms with Crippen molar-refractivity contribution >= 4 is 60.9 Å². The zero-order chi connectivity index (χ0) is 49.5. The van der Waals surface area contributed by atoms with Gasteiger partial charge in [-0.1, -0.05) is 19.4 Å². The lowest BCUT2D eigenvalue weighted by Crippen LogP contribution is -2.47. The minimum absolute atomic E-state index is 0.0117. The van der Waals surface area contributed by atoms with Crippen molar-refractivity contribution in [1.82, 2.24) is 19.6 Å². The predicted molar refractivity (Wildman–Crippen MR) is 264 cm³/mol. The maximum absolute atomic E-state index is 14.8. The highest BCUT2D eigenvalue weighted by atomic mass is 32.2. The summed E-state index contributed by atoms with van der Waals surface area (Å²) >= 11 is 1.40. The summed E-state index contributed by atoms with van der Waals surface area (Å²) in [7, 11) is -4.63. The van der Waals surface area contributed by atoms with E-state index < -0.39 is 54.5 Å². The summed E-state index contributed by atoms with van der Waals surface area (Å²) in [6.07, 6.45) is 8.53. The van der Waals surface area contributed by atoms with E-state index in [2.05, 4.69) is 43.7 Å². The van der Waals surface area contributed by atoms with Gasteiger partial charge in [0, 0.05) is 73.5 Å². The van der Waals surface area contributed by atoms with Crippen LogP contribution in [0, 0.1) is 38.9 Å². The zero-order valence-corrected chi connectivity index (χ0v) is 40.6. The van der Waals surface area contributed by atoms with Gasteiger partial charge in [0.1, 0.15) is 28.7 Å². The number of aromatic nitrogens is 2. The van der Waals surface area contributed by atoms with Crippen molar-refractivity contribution < 1.29 is 41.2 Å². The molecule has 70 heavy (non-hydrogen) atoms. The third-order valence-electron chi connectivity index (χ3n) is 13.8. The molecule has 9 rings (SSSR count). The first-order chi connectivity index (χ1) is 33.3. The Morgan fingerprint density at radius 3 is 2.50 bits per heavy atom. The van der Waals surface area contributed by atoms with Crippen molar-refractivity contribution in [2.75, 3.05) is 49.5 Å².